The summed E-state index contributed by atoms with van der Waals surface area (Å²) in [4.78, 5) is 14.4. The Balaban J connectivity index is 1.96. The smallest absolute Gasteiger partial charge is 0.235 e. The van der Waals surface area contributed by atoms with Crippen molar-refractivity contribution in [3.63, 3.8) is 0 Å². The Morgan fingerprint density at radius 2 is 2.00 bits per heavy atom. The second-order valence-electron chi connectivity index (χ2n) is 4.66. The zero-order valence-corrected chi connectivity index (χ0v) is 11.2. The van der Waals surface area contributed by atoms with Gasteiger partial charge in [0, 0.05) is 18.5 Å². The van der Waals surface area contributed by atoms with Crippen molar-refractivity contribution in [2.45, 2.75) is 49.8 Å². The third-order valence-corrected chi connectivity index (χ3v) is 5.11. The molecule has 2 nitrogen and oxygen atoms in total. The monoisotopic (exact) mass is 261 g/mol. The van der Waals surface area contributed by atoms with E-state index in [0.717, 1.165) is 18.7 Å². The molecule has 1 saturated heterocycles. The zero-order chi connectivity index (χ0) is 11.4. The molecule has 0 aromatic rings. The van der Waals surface area contributed by atoms with Crippen LogP contribution in [0.1, 0.15) is 38.5 Å². The predicted molar refractivity (Wildman–Crippen MR) is 70.2 cm³/mol. The van der Waals surface area contributed by atoms with E-state index in [2.05, 4.69) is 4.90 Å². The topological polar surface area (TPSA) is 20.3 Å². The molecule has 2 fully saturated rings. The lowest BCUT2D eigenvalue weighted by atomic mass is 10.1. The first kappa shape index (κ1) is 12.6. The van der Waals surface area contributed by atoms with Crippen LogP contribution in [0.2, 0.25) is 0 Å². The fourth-order valence-electron chi connectivity index (χ4n) is 2.74. The van der Waals surface area contributed by atoms with Gasteiger partial charge in [-0.15, -0.1) is 23.4 Å². The molecule has 0 radical (unpaired) electrons. The van der Waals surface area contributed by atoms with Crippen LogP contribution >= 0.6 is 23.4 Å². The summed E-state index contributed by atoms with van der Waals surface area (Å²) >= 11 is 7.65. The summed E-state index contributed by atoms with van der Waals surface area (Å²) in [6, 6.07) is 0.479. The fourth-order valence-corrected chi connectivity index (χ4v) is 4.15. The maximum Gasteiger partial charge on any atom is 0.235 e. The number of hydrogen-bond donors (Lipinski definition) is 0. The van der Waals surface area contributed by atoms with Gasteiger partial charge in [0.15, 0.2) is 0 Å². The van der Waals surface area contributed by atoms with Gasteiger partial charge in [-0.1, -0.05) is 12.8 Å². The van der Waals surface area contributed by atoms with Crippen LogP contribution in [-0.4, -0.2) is 40.3 Å². The molecule has 16 heavy (non-hydrogen) atoms. The minimum atomic E-state index is 0.226. The van der Waals surface area contributed by atoms with Crippen molar-refractivity contribution in [3.05, 3.63) is 0 Å². The van der Waals surface area contributed by atoms with Crippen molar-refractivity contribution >= 4 is 29.3 Å². The molecule has 0 N–H and O–H groups in total. The van der Waals surface area contributed by atoms with E-state index in [1.807, 2.05) is 11.8 Å². The van der Waals surface area contributed by atoms with Crippen LogP contribution in [0.4, 0.5) is 0 Å². The second-order valence-corrected chi connectivity index (χ2v) is 6.35. The van der Waals surface area contributed by atoms with Crippen molar-refractivity contribution in [1.82, 2.24) is 4.90 Å². The molecule has 1 unspecified atom stereocenters. The van der Waals surface area contributed by atoms with Crippen LogP contribution in [-0.2, 0) is 4.79 Å². The summed E-state index contributed by atoms with van der Waals surface area (Å²) in [6.45, 7) is 0.738. The number of carbonyl (C=O) groups is 1. The SMILES string of the molecule is O=C(C1CCCS1)N(CCCl)C1CCCC1. The van der Waals surface area contributed by atoms with Gasteiger partial charge in [0.2, 0.25) is 5.91 Å². The molecule has 1 aliphatic heterocycles. The number of amides is 1. The molecule has 92 valence electrons. The highest BCUT2D eigenvalue weighted by Crippen LogP contribution is 2.31. The molecule has 1 amide bonds. The van der Waals surface area contributed by atoms with E-state index in [1.165, 1.54) is 32.1 Å². The van der Waals surface area contributed by atoms with E-state index in [9.17, 15) is 4.79 Å². The summed E-state index contributed by atoms with van der Waals surface area (Å²) in [5.74, 6) is 2.07. The van der Waals surface area contributed by atoms with E-state index in [4.69, 9.17) is 11.6 Å². The van der Waals surface area contributed by atoms with E-state index in [0.29, 0.717) is 17.8 Å². The second kappa shape index (κ2) is 6.15. The van der Waals surface area contributed by atoms with E-state index in [-0.39, 0.29) is 5.25 Å². The van der Waals surface area contributed by atoms with Gasteiger partial charge in [0.25, 0.3) is 0 Å². The minimum absolute atomic E-state index is 0.226. The van der Waals surface area contributed by atoms with Gasteiger partial charge >= 0.3 is 0 Å². The minimum Gasteiger partial charge on any atom is -0.338 e. The standard InChI is InChI=1S/C12H20ClNOS/c13-7-8-14(10-4-1-2-5-10)12(15)11-6-3-9-16-11/h10-11H,1-9H2. The first-order valence-corrected chi connectivity index (χ1v) is 7.89. The van der Waals surface area contributed by atoms with Crippen molar-refractivity contribution < 1.29 is 4.79 Å². The van der Waals surface area contributed by atoms with Crippen molar-refractivity contribution in [3.8, 4) is 0 Å². The molecule has 0 aromatic heterocycles. The average molecular weight is 262 g/mol. The van der Waals surface area contributed by atoms with Crippen LogP contribution in [0, 0.1) is 0 Å². The highest BCUT2D eigenvalue weighted by atomic mass is 35.5. The number of halogens is 1. The lowest BCUT2D eigenvalue weighted by Crippen LogP contribution is -2.44. The molecule has 1 saturated carbocycles. The van der Waals surface area contributed by atoms with Crippen LogP contribution in [0.25, 0.3) is 0 Å². The van der Waals surface area contributed by atoms with Crippen LogP contribution in [0.15, 0.2) is 0 Å². The first-order valence-electron chi connectivity index (χ1n) is 6.31. The van der Waals surface area contributed by atoms with Crippen LogP contribution < -0.4 is 0 Å². The highest BCUT2D eigenvalue weighted by Gasteiger charge is 2.32. The van der Waals surface area contributed by atoms with E-state index < -0.39 is 0 Å². The Bertz CT molecular complexity index is 237. The van der Waals surface area contributed by atoms with Crippen LogP contribution in [0.5, 0.6) is 0 Å². The number of nitrogens with zero attached hydrogens (tertiary/aromatic N) is 1. The Labute approximate surface area is 107 Å². The summed E-state index contributed by atoms with van der Waals surface area (Å²) in [7, 11) is 0. The van der Waals surface area contributed by atoms with Gasteiger partial charge in [-0.25, -0.2) is 0 Å². The lowest BCUT2D eigenvalue weighted by molar-refractivity contribution is -0.132. The normalized spacial score (nSPS) is 26.2. The third kappa shape index (κ3) is 2.86. The third-order valence-electron chi connectivity index (χ3n) is 3.58. The van der Waals surface area contributed by atoms with Crippen molar-refractivity contribution in [2.24, 2.45) is 0 Å². The molecule has 1 atom stereocenters. The van der Waals surface area contributed by atoms with Gasteiger partial charge in [-0.05, 0) is 31.4 Å². The molecule has 1 aliphatic carbocycles. The average Bonchev–Trinajstić information content (AvgIpc) is 2.96. The summed E-state index contributed by atoms with van der Waals surface area (Å²) in [5.41, 5.74) is 0. The molecule has 4 heteroatoms. The number of rotatable bonds is 4. The maximum absolute atomic E-state index is 12.4. The Kier molecular flexibility index (Phi) is 4.83. The summed E-state index contributed by atoms with van der Waals surface area (Å²) in [5, 5.41) is 0.226. The molecule has 0 aromatic carbocycles. The Morgan fingerprint density at radius 1 is 1.25 bits per heavy atom. The number of hydrogen-bond acceptors (Lipinski definition) is 2. The first-order chi connectivity index (χ1) is 7.83. The van der Waals surface area contributed by atoms with Crippen LogP contribution in [0.3, 0.4) is 0 Å². The number of thioether (sulfide) groups is 1. The maximum atomic E-state index is 12.4. The quantitative estimate of drug-likeness (QED) is 0.726. The van der Waals surface area contributed by atoms with Gasteiger partial charge in [-0.3, -0.25) is 4.79 Å². The Morgan fingerprint density at radius 3 is 2.56 bits per heavy atom. The molecular weight excluding hydrogens is 242 g/mol. The Hall–Kier alpha value is 0.110. The fraction of sp³-hybridized carbons (Fsp3) is 0.917. The lowest BCUT2D eigenvalue weighted by Gasteiger charge is -2.30. The molecule has 0 bridgehead atoms. The number of carbonyl (C=O) groups excluding carboxylic acids is 1. The predicted octanol–water partition coefficient (Wildman–Crippen LogP) is 2.89. The zero-order valence-electron chi connectivity index (χ0n) is 9.66. The van der Waals surface area contributed by atoms with Gasteiger partial charge in [0.1, 0.15) is 0 Å². The number of alkyl halides is 1. The van der Waals surface area contributed by atoms with E-state index in [1.54, 1.807) is 0 Å². The summed E-state index contributed by atoms with van der Waals surface area (Å²) in [6.07, 6.45) is 7.17. The van der Waals surface area contributed by atoms with Gasteiger partial charge in [-0.2, -0.15) is 0 Å². The van der Waals surface area contributed by atoms with Gasteiger partial charge < -0.3 is 4.90 Å². The molecule has 1 heterocycles. The highest BCUT2D eigenvalue weighted by molar-refractivity contribution is 8.00. The molecular formula is C12H20ClNOS. The summed E-state index contributed by atoms with van der Waals surface area (Å²) < 4.78 is 0. The molecule has 0 spiro atoms. The molecule has 2 aliphatic rings. The van der Waals surface area contributed by atoms with Crippen molar-refractivity contribution in [1.29, 1.82) is 0 Å². The van der Waals surface area contributed by atoms with E-state index >= 15 is 0 Å². The largest absolute Gasteiger partial charge is 0.338 e. The molecule has 2 rings (SSSR count). The van der Waals surface area contributed by atoms with Gasteiger partial charge in [0.05, 0.1) is 5.25 Å². The van der Waals surface area contributed by atoms with Crippen molar-refractivity contribution in [2.75, 3.05) is 18.2 Å².